The molecule has 6 nitrogen and oxygen atoms in total. The van der Waals surface area contributed by atoms with Gasteiger partial charge in [0, 0.05) is 0 Å². The number of aliphatic hydroxyl groups is 1. The van der Waals surface area contributed by atoms with Gasteiger partial charge in [0.15, 0.2) is 0 Å². The van der Waals surface area contributed by atoms with Crippen molar-refractivity contribution in [1.82, 2.24) is 4.72 Å². The van der Waals surface area contributed by atoms with Gasteiger partial charge in [-0.15, -0.1) is 0 Å². The fraction of sp³-hybridized carbons (Fsp3) is 0.800. The maximum atomic E-state index is 11.8. The molecule has 3 N–H and O–H groups in total. The number of carbonyl (C=O) groups is 1. The summed E-state index contributed by atoms with van der Waals surface area (Å²) in [6.07, 6.45) is -1.79. The summed E-state index contributed by atoms with van der Waals surface area (Å²) in [5, 5.41) is 17.1. The van der Waals surface area contributed by atoms with E-state index in [9.17, 15) is 26.4 Å². The Labute approximate surface area is 82.8 Å². The van der Waals surface area contributed by atoms with Crippen LogP contribution in [0.4, 0.5) is 13.2 Å². The molecule has 15 heavy (non-hydrogen) atoms. The number of hydrogen-bond acceptors (Lipinski definition) is 4. The second kappa shape index (κ2) is 4.33. The van der Waals surface area contributed by atoms with Gasteiger partial charge in [0.05, 0.1) is 6.10 Å². The van der Waals surface area contributed by atoms with Crippen molar-refractivity contribution >= 4 is 16.0 Å². The number of nitrogens with one attached hydrogen (secondary N) is 1. The SMILES string of the molecule is C[C@@H](O)[C@H](NS(=O)(=O)C(F)(F)F)C(=O)O. The van der Waals surface area contributed by atoms with Crippen molar-refractivity contribution in [3.63, 3.8) is 0 Å². The highest BCUT2D eigenvalue weighted by molar-refractivity contribution is 7.90. The third-order valence-electron chi connectivity index (χ3n) is 1.34. The Morgan fingerprint density at radius 3 is 2.00 bits per heavy atom. The average Bonchev–Trinajstić information content (AvgIpc) is 1.96. The van der Waals surface area contributed by atoms with Crippen molar-refractivity contribution in [2.45, 2.75) is 24.6 Å². The van der Waals surface area contributed by atoms with Crippen LogP contribution in [0.1, 0.15) is 6.92 Å². The second-order valence-corrected chi connectivity index (χ2v) is 4.33. The minimum atomic E-state index is -5.78. The van der Waals surface area contributed by atoms with Crippen LogP contribution in [-0.2, 0) is 14.8 Å². The molecule has 0 aromatic heterocycles. The lowest BCUT2D eigenvalue weighted by molar-refractivity contribution is -0.141. The molecule has 0 amide bonds. The molecule has 90 valence electrons. The number of alkyl halides is 3. The van der Waals surface area contributed by atoms with Gasteiger partial charge < -0.3 is 10.2 Å². The Morgan fingerprint density at radius 1 is 1.40 bits per heavy atom. The quantitative estimate of drug-likeness (QED) is 0.610. The van der Waals surface area contributed by atoms with Crippen molar-refractivity contribution in [3.8, 4) is 0 Å². The first-order chi connectivity index (χ1) is 6.49. The summed E-state index contributed by atoms with van der Waals surface area (Å²) >= 11 is 0. The van der Waals surface area contributed by atoms with Crippen LogP contribution >= 0.6 is 0 Å². The van der Waals surface area contributed by atoms with E-state index < -0.39 is 33.6 Å². The Balaban J connectivity index is 4.93. The van der Waals surface area contributed by atoms with Crippen molar-refractivity contribution in [1.29, 1.82) is 0 Å². The van der Waals surface area contributed by atoms with Crippen molar-refractivity contribution < 1.29 is 36.6 Å². The van der Waals surface area contributed by atoms with Crippen molar-refractivity contribution in [2.75, 3.05) is 0 Å². The first-order valence-electron chi connectivity index (χ1n) is 3.48. The molecule has 0 aromatic rings. The third kappa shape index (κ3) is 3.64. The summed E-state index contributed by atoms with van der Waals surface area (Å²) in [4.78, 5) is 10.3. The van der Waals surface area contributed by atoms with Crippen LogP contribution in [-0.4, -0.2) is 42.3 Å². The summed E-state index contributed by atoms with van der Waals surface area (Å²) in [6, 6.07) is -2.24. The fourth-order valence-corrected chi connectivity index (χ4v) is 1.35. The van der Waals surface area contributed by atoms with Crippen molar-refractivity contribution in [2.24, 2.45) is 0 Å². The Hall–Kier alpha value is -0.870. The number of carboxylic acid groups (broad SMARTS) is 1. The van der Waals surface area contributed by atoms with Gasteiger partial charge in [-0.25, -0.2) is 8.42 Å². The second-order valence-electron chi connectivity index (χ2n) is 2.62. The molecule has 0 aliphatic heterocycles. The molecule has 10 heteroatoms. The standard InChI is InChI=1S/C5H8F3NO5S/c1-2(10)3(4(11)12)9-15(13,14)5(6,7)8/h2-3,9-10H,1H3,(H,11,12)/t2-,3+/m1/s1. The molecule has 0 radical (unpaired) electrons. The number of carboxylic acids is 1. The normalized spacial score (nSPS) is 17.1. The predicted octanol–water partition coefficient (Wildman–Crippen LogP) is -0.740. The van der Waals surface area contributed by atoms with E-state index in [0.29, 0.717) is 0 Å². The number of sulfonamides is 1. The first kappa shape index (κ1) is 14.1. The van der Waals surface area contributed by atoms with Gasteiger partial charge in [0.2, 0.25) is 0 Å². The molecule has 0 aliphatic carbocycles. The van der Waals surface area contributed by atoms with Crippen LogP contribution in [0.2, 0.25) is 0 Å². The molecule has 0 aromatic carbocycles. The van der Waals surface area contributed by atoms with E-state index >= 15 is 0 Å². The van der Waals surface area contributed by atoms with Crippen LogP contribution in [0.15, 0.2) is 0 Å². The van der Waals surface area contributed by atoms with Crippen LogP contribution in [0.3, 0.4) is 0 Å². The molecular weight excluding hydrogens is 243 g/mol. The number of aliphatic hydroxyl groups excluding tert-OH is 1. The van der Waals surface area contributed by atoms with Crippen LogP contribution < -0.4 is 4.72 Å². The lowest BCUT2D eigenvalue weighted by Gasteiger charge is -2.17. The molecule has 0 unspecified atom stereocenters. The van der Waals surface area contributed by atoms with Gasteiger partial charge in [0.25, 0.3) is 0 Å². The largest absolute Gasteiger partial charge is 0.511 e. The van der Waals surface area contributed by atoms with Crippen LogP contribution in [0.25, 0.3) is 0 Å². The van der Waals surface area contributed by atoms with E-state index in [1.165, 1.54) is 0 Å². The summed E-state index contributed by atoms with van der Waals surface area (Å²) < 4.78 is 57.1. The molecular formula is C5H8F3NO5S. The summed E-state index contributed by atoms with van der Waals surface area (Å²) in [6.45, 7) is 0.845. The van der Waals surface area contributed by atoms with E-state index in [0.717, 1.165) is 11.6 Å². The molecule has 0 heterocycles. The van der Waals surface area contributed by atoms with E-state index in [-0.39, 0.29) is 0 Å². The van der Waals surface area contributed by atoms with Crippen LogP contribution in [0.5, 0.6) is 0 Å². The lowest BCUT2D eigenvalue weighted by atomic mass is 10.2. The molecule has 0 saturated heterocycles. The molecule has 0 bridgehead atoms. The molecule has 0 rings (SSSR count). The smallest absolute Gasteiger partial charge is 0.480 e. The zero-order chi connectivity index (χ0) is 12.4. The first-order valence-corrected chi connectivity index (χ1v) is 4.97. The number of hydrogen-bond donors (Lipinski definition) is 3. The molecule has 0 aliphatic rings. The Bertz CT molecular complexity index is 335. The number of rotatable bonds is 4. The zero-order valence-corrected chi connectivity index (χ0v) is 8.13. The minimum Gasteiger partial charge on any atom is -0.480 e. The molecule has 0 fully saturated rings. The summed E-state index contributed by atoms with van der Waals surface area (Å²) in [5.74, 6) is -1.90. The van der Waals surface area contributed by atoms with E-state index in [4.69, 9.17) is 10.2 Å². The number of aliphatic carboxylic acids is 1. The summed E-state index contributed by atoms with van der Waals surface area (Å²) in [5.41, 5.74) is -5.62. The van der Waals surface area contributed by atoms with Gasteiger partial charge in [-0.1, -0.05) is 0 Å². The van der Waals surface area contributed by atoms with E-state index in [2.05, 4.69) is 0 Å². The maximum absolute atomic E-state index is 11.8. The van der Waals surface area contributed by atoms with Crippen LogP contribution in [0, 0.1) is 0 Å². The predicted molar refractivity (Wildman–Crippen MR) is 41.2 cm³/mol. The highest BCUT2D eigenvalue weighted by Crippen LogP contribution is 2.22. The molecule has 2 atom stereocenters. The molecule has 0 spiro atoms. The highest BCUT2D eigenvalue weighted by atomic mass is 32.2. The highest BCUT2D eigenvalue weighted by Gasteiger charge is 2.48. The van der Waals surface area contributed by atoms with E-state index in [1.807, 2.05) is 0 Å². The van der Waals surface area contributed by atoms with Crippen molar-refractivity contribution in [3.05, 3.63) is 0 Å². The molecule has 0 saturated carbocycles. The lowest BCUT2D eigenvalue weighted by Crippen LogP contribution is -2.51. The van der Waals surface area contributed by atoms with Gasteiger partial charge in [-0.3, -0.25) is 4.79 Å². The van der Waals surface area contributed by atoms with Gasteiger partial charge in [-0.2, -0.15) is 17.9 Å². The average molecular weight is 251 g/mol. The fourth-order valence-electron chi connectivity index (χ4n) is 0.589. The maximum Gasteiger partial charge on any atom is 0.511 e. The van der Waals surface area contributed by atoms with Gasteiger partial charge in [-0.05, 0) is 6.92 Å². The number of halogens is 3. The van der Waals surface area contributed by atoms with Gasteiger partial charge >= 0.3 is 21.5 Å². The Kier molecular flexibility index (Phi) is 4.08. The Morgan fingerprint density at radius 2 is 1.80 bits per heavy atom. The topological polar surface area (TPSA) is 104 Å². The minimum absolute atomic E-state index is 0.830. The third-order valence-corrected chi connectivity index (χ3v) is 2.51. The van der Waals surface area contributed by atoms with Gasteiger partial charge in [0.1, 0.15) is 6.04 Å². The zero-order valence-electron chi connectivity index (χ0n) is 7.32. The monoisotopic (exact) mass is 251 g/mol. The van der Waals surface area contributed by atoms with E-state index in [1.54, 1.807) is 0 Å². The summed E-state index contributed by atoms with van der Waals surface area (Å²) in [7, 11) is -5.78.